The Morgan fingerprint density at radius 3 is 1.95 bits per heavy atom. The Morgan fingerprint density at radius 2 is 1.36 bits per heavy atom. The standard InChI is InChI=1S/C15H13NO6/c1-3-6-7(4-2)12-13(22-9(18)5-8(17)21-12)11-10(6)14(19)16-15(11)20/h3-5H2,1-2H3,(H,16,19,20). The van der Waals surface area contributed by atoms with E-state index in [4.69, 9.17) is 9.47 Å². The number of benzene rings is 1. The van der Waals surface area contributed by atoms with Crippen molar-refractivity contribution in [3.05, 3.63) is 22.3 Å². The molecule has 0 aliphatic carbocycles. The second-order valence-electron chi connectivity index (χ2n) is 4.98. The van der Waals surface area contributed by atoms with Crippen LogP contribution in [0.15, 0.2) is 0 Å². The first kappa shape index (κ1) is 14.2. The van der Waals surface area contributed by atoms with Crippen LogP contribution in [0, 0.1) is 0 Å². The van der Waals surface area contributed by atoms with Gasteiger partial charge in [-0.2, -0.15) is 0 Å². The minimum atomic E-state index is -0.815. The number of carbonyl (C=O) groups excluding carboxylic acids is 4. The van der Waals surface area contributed by atoms with Crippen LogP contribution in [0.2, 0.25) is 0 Å². The van der Waals surface area contributed by atoms with Gasteiger partial charge in [0.1, 0.15) is 6.42 Å². The Balaban J connectivity index is 2.41. The van der Waals surface area contributed by atoms with Gasteiger partial charge in [-0.05, 0) is 18.4 Å². The lowest BCUT2D eigenvalue weighted by Gasteiger charge is -2.17. The average molecular weight is 303 g/mol. The zero-order valence-corrected chi connectivity index (χ0v) is 12.1. The molecule has 0 bridgehead atoms. The predicted molar refractivity (Wildman–Crippen MR) is 72.9 cm³/mol. The van der Waals surface area contributed by atoms with E-state index in [1.165, 1.54) is 0 Å². The van der Waals surface area contributed by atoms with Gasteiger partial charge in [-0.3, -0.25) is 24.5 Å². The number of hydrogen-bond acceptors (Lipinski definition) is 6. The molecule has 7 nitrogen and oxygen atoms in total. The van der Waals surface area contributed by atoms with E-state index < -0.39 is 30.2 Å². The molecule has 2 aliphatic rings. The van der Waals surface area contributed by atoms with Gasteiger partial charge in [0.05, 0.1) is 11.1 Å². The van der Waals surface area contributed by atoms with Crippen molar-refractivity contribution in [3.8, 4) is 11.5 Å². The van der Waals surface area contributed by atoms with Crippen LogP contribution in [0.1, 0.15) is 52.1 Å². The van der Waals surface area contributed by atoms with Crippen molar-refractivity contribution in [2.24, 2.45) is 0 Å². The zero-order chi connectivity index (χ0) is 16.0. The fourth-order valence-electron chi connectivity index (χ4n) is 2.89. The molecule has 1 aromatic rings. The molecule has 2 aliphatic heterocycles. The predicted octanol–water partition coefficient (Wildman–Crippen LogP) is 0.909. The number of carbonyl (C=O) groups is 4. The molecule has 0 spiro atoms. The highest BCUT2D eigenvalue weighted by Crippen LogP contribution is 2.44. The molecule has 22 heavy (non-hydrogen) atoms. The summed E-state index contributed by atoms with van der Waals surface area (Å²) in [6.45, 7) is 3.66. The molecule has 3 rings (SSSR count). The van der Waals surface area contributed by atoms with E-state index in [9.17, 15) is 19.2 Å². The van der Waals surface area contributed by atoms with Crippen LogP contribution >= 0.6 is 0 Å². The first-order valence-corrected chi connectivity index (χ1v) is 6.96. The number of ether oxygens (including phenoxy) is 2. The molecular formula is C15H13NO6. The van der Waals surface area contributed by atoms with E-state index in [0.29, 0.717) is 24.0 Å². The summed E-state index contributed by atoms with van der Waals surface area (Å²) in [5.74, 6) is -2.81. The molecule has 2 amide bonds. The number of fused-ring (bicyclic) bond motifs is 3. The van der Waals surface area contributed by atoms with E-state index >= 15 is 0 Å². The van der Waals surface area contributed by atoms with Crippen molar-refractivity contribution in [2.75, 3.05) is 0 Å². The minimum absolute atomic E-state index is 0.0305. The molecule has 1 N–H and O–H groups in total. The summed E-state index contributed by atoms with van der Waals surface area (Å²) >= 11 is 0. The number of rotatable bonds is 2. The number of imide groups is 1. The number of esters is 2. The van der Waals surface area contributed by atoms with Gasteiger partial charge in [0.2, 0.25) is 0 Å². The third-order valence-corrected chi connectivity index (χ3v) is 3.73. The average Bonchev–Trinajstić information content (AvgIpc) is 2.65. The van der Waals surface area contributed by atoms with Crippen molar-refractivity contribution in [1.82, 2.24) is 5.32 Å². The summed E-state index contributed by atoms with van der Waals surface area (Å²) in [5, 5.41) is 2.20. The molecule has 0 atom stereocenters. The van der Waals surface area contributed by atoms with Crippen molar-refractivity contribution in [2.45, 2.75) is 33.1 Å². The molecule has 0 fully saturated rings. The molecule has 0 saturated carbocycles. The highest BCUT2D eigenvalue weighted by molar-refractivity contribution is 6.24. The molecule has 7 heteroatoms. The Kier molecular flexibility index (Phi) is 3.20. The van der Waals surface area contributed by atoms with E-state index in [2.05, 4.69) is 5.32 Å². The molecule has 1 aromatic carbocycles. The van der Waals surface area contributed by atoms with Gasteiger partial charge in [-0.1, -0.05) is 13.8 Å². The van der Waals surface area contributed by atoms with E-state index in [1.807, 2.05) is 13.8 Å². The summed E-state index contributed by atoms with van der Waals surface area (Å²) in [4.78, 5) is 47.5. The number of hydrogen-bond donors (Lipinski definition) is 1. The van der Waals surface area contributed by atoms with Crippen LogP contribution in [-0.4, -0.2) is 23.8 Å². The first-order chi connectivity index (χ1) is 10.5. The summed E-state index contributed by atoms with van der Waals surface area (Å²) in [5.41, 5.74) is 1.40. The van der Waals surface area contributed by atoms with Gasteiger partial charge in [0.15, 0.2) is 11.5 Å². The maximum absolute atomic E-state index is 12.1. The maximum Gasteiger partial charge on any atom is 0.322 e. The van der Waals surface area contributed by atoms with Crippen molar-refractivity contribution < 1.29 is 28.7 Å². The fourth-order valence-corrected chi connectivity index (χ4v) is 2.89. The highest BCUT2D eigenvalue weighted by atomic mass is 16.6. The van der Waals surface area contributed by atoms with Crippen molar-refractivity contribution >= 4 is 23.8 Å². The molecular weight excluding hydrogens is 290 g/mol. The van der Waals surface area contributed by atoms with Crippen LogP contribution in [0.3, 0.4) is 0 Å². The Hall–Kier alpha value is -2.70. The van der Waals surface area contributed by atoms with Crippen molar-refractivity contribution in [3.63, 3.8) is 0 Å². The largest absolute Gasteiger partial charge is 0.422 e. The van der Waals surface area contributed by atoms with Gasteiger partial charge in [0, 0.05) is 5.56 Å². The highest BCUT2D eigenvalue weighted by Gasteiger charge is 2.40. The van der Waals surface area contributed by atoms with E-state index in [0.717, 1.165) is 0 Å². The second kappa shape index (κ2) is 4.94. The van der Waals surface area contributed by atoms with Crippen LogP contribution in [0.25, 0.3) is 0 Å². The molecule has 0 aromatic heterocycles. The van der Waals surface area contributed by atoms with Gasteiger partial charge in [-0.25, -0.2) is 0 Å². The van der Waals surface area contributed by atoms with Crippen molar-refractivity contribution in [1.29, 1.82) is 0 Å². The monoisotopic (exact) mass is 303 g/mol. The smallest absolute Gasteiger partial charge is 0.322 e. The minimum Gasteiger partial charge on any atom is -0.422 e. The quantitative estimate of drug-likeness (QED) is 0.377. The van der Waals surface area contributed by atoms with Crippen LogP contribution in [0.5, 0.6) is 11.5 Å². The molecule has 0 radical (unpaired) electrons. The van der Waals surface area contributed by atoms with Gasteiger partial charge in [0.25, 0.3) is 11.8 Å². The SMILES string of the molecule is CCc1c(CC)c2c(c3c1OC(=O)CC(=O)O3)C(=O)NC2=O. The first-order valence-electron chi connectivity index (χ1n) is 6.96. The summed E-state index contributed by atoms with van der Waals surface area (Å²) in [7, 11) is 0. The topological polar surface area (TPSA) is 98.8 Å². The number of amides is 2. The Bertz CT molecular complexity index is 749. The third kappa shape index (κ3) is 1.89. The third-order valence-electron chi connectivity index (χ3n) is 3.73. The van der Waals surface area contributed by atoms with E-state index in [-0.39, 0.29) is 22.6 Å². The normalized spacial score (nSPS) is 16.5. The summed E-state index contributed by atoms with van der Waals surface area (Å²) < 4.78 is 10.4. The van der Waals surface area contributed by atoms with Crippen LogP contribution in [0.4, 0.5) is 0 Å². The second-order valence-corrected chi connectivity index (χ2v) is 4.98. The molecule has 0 saturated heterocycles. The lowest BCUT2D eigenvalue weighted by molar-refractivity contribution is -0.142. The maximum atomic E-state index is 12.1. The lowest BCUT2D eigenvalue weighted by Crippen LogP contribution is -2.20. The number of nitrogens with one attached hydrogen (secondary N) is 1. The Labute approximate surface area is 125 Å². The molecule has 2 heterocycles. The fraction of sp³-hybridized carbons (Fsp3) is 0.333. The molecule has 114 valence electrons. The Morgan fingerprint density at radius 1 is 0.818 bits per heavy atom. The zero-order valence-electron chi connectivity index (χ0n) is 12.1. The van der Waals surface area contributed by atoms with Gasteiger partial charge < -0.3 is 9.47 Å². The van der Waals surface area contributed by atoms with Crippen LogP contribution < -0.4 is 14.8 Å². The summed E-state index contributed by atoms with van der Waals surface area (Å²) in [6, 6.07) is 0. The summed E-state index contributed by atoms with van der Waals surface area (Å²) in [6.07, 6.45) is 0.402. The van der Waals surface area contributed by atoms with Gasteiger partial charge >= 0.3 is 11.9 Å². The van der Waals surface area contributed by atoms with Gasteiger partial charge in [-0.15, -0.1) is 0 Å². The van der Waals surface area contributed by atoms with Crippen LogP contribution in [-0.2, 0) is 22.4 Å². The van der Waals surface area contributed by atoms with E-state index in [1.54, 1.807) is 0 Å². The molecule has 0 unspecified atom stereocenters. The lowest BCUT2D eigenvalue weighted by atomic mass is 9.92.